The van der Waals surface area contributed by atoms with Crippen molar-refractivity contribution >= 4 is 23.3 Å². The molecule has 0 rings (SSSR count). The van der Waals surface area contributed by atoms with Crippen molar-refractivity contribution in [1.82, 2.24) is 0 Å². The molecule has 0 saturated carbocycles. The fraction of sp³-hybridized carbons (Fsp3) is 0.333. The third-order valence-electron chi connectivity index (χ3n) is 0.501. The van der Waals surface area contributed by atoms with Gasteiger partial charge in [0.2, 0.25) is 6.34 Å². The quantitative estimate of drug-likeness (QED) is 0.162. The SMILES string of the molecule is CSC(N)=[NH+]/C=N/N. The summed E-state index contributed by atoms with van der Waals surface area (Å²) in [5.74, 6) is 4.76. The molecule has 0 aliphatic carbocycles. The van der Waals surface area contributed by atoms with Gasteiger partial charge in [0.25, 0.3) is 5.17 Å². The molecule has 0 aromatic heterocycles. The molecule has 0 saturated heterocycles. The van der Waals surface area contributed by atoms with Gasteiger partial charge in [-0.05, 0) is 11.4 Å². The summed E-state index contributed by atoms with van der Waals surface area (Å²) in [6, 6.07) is 0. The molecule has 8 heavy (non-hydrogen) atoms. The van der Waals surface area contributed by atoms with E-state index in [4.69, 9.17) is 11.6 Å². The van der Waals surface area contributed by atoms with Gasteiger partial charge in [-0.2, -0.15) is 0 Å². The second-order valence-electron chi connectivity index (χ2n) is 0.991. The zero-order valence-electron chi connectivity index (χ0n) is 4.59. The predicted octanol–water partition coefficient (Wildman–Crippen LogP) is -2.35. The molecule has 0 atom stereocenters. The van der Waals surface area contributed by atoms with Crippen LogP contribution in [0.5, 0.6) is 0 Å². The van der Waals surface area contributed by atoms with E-state index < -0.39 is 0 Å². The van der Waals surface area contributed by atoms with Crippen LogP contribution in [0.1, 0.15) is 0 Å². The first-order chi connectivity index (χ1) is 3.81. The fourth-order valence-corrected chi connectivity index (χ4v) is 0.330. The molecule has 5 heteroatoms. The third-order valence-corrected chi connectivity index (χ3v) is 1.06. The van der Waals surface area contributed by atoms with Crippen molar-refractivity contribution in [2.24, 2.45) is 16.7 Å². The molecule has 0 fully saturated rings. The van der Waals surface area contributed by atoms with Crippen LogP contribution in [0.2, 0.25) is 0 Å². The molecule has 0 aliphatic rings. The lowest BCUT2D eigenvalue weighted by atomic mass is 11.2. The van der Waals surface area contributed by atoms with Gasteiger partial charge < -0.3 is 5.73 Å². The number of nitrogens with zero attached hydrogens (tertiary/aromatic N) is 1. The second-order valence-corrected chi connectivity index (χ2v) is 1.84. The molecule has 0 unspecified atom stereocenters. The maximum absolute atomic E-state index is 5.28. The fourth-order valence-electron chi connectivity index (χ4n) is 0.160. The maximum Gasteiger partial charge on any atom is 0.252 e. The zero-order chi connectivity index (χ0) is 6.41. The van der Waals surface area contributed by atoms with Gasteiger partial charge >= 0.3 is 0 Å². The highest BCUT2D eigenvalue weighted by atomic mass is 32.2. The Hall–Kier alpha value is -0.710. The van der Waals surface area contributed by atoms with Crippen LogP contribution in [0.25, 0.3) is 0 Å². The summed E-state index contributed by atoms with van der Waals surface area (Å²) in [5, 5.41) is 3.76. The van der Waals surface area contributed by atoms with Crippen LogP contribution >= 0.6 is 11.8 Å². The molecular formula is C3H9N4S+. The summed E-state index contributed by atoms with van der Waals surface area (Å²) in [6.07, 6.45) is 3.18. The lowest BCUT2D eigenvalue weighted by Crippen LogP contribution is -2.73. The van der Waals surface area contributed by atoms with Crippen molar-refractivity contribution in [2.45, 2.75) is 0 Å². The van der Waals surface area contributed by atoms with Crippen LogP contribution in [-0.2, 0) is 0 Å². The number of rotatable bonds is 1. The summed E-state index contributed by atoms with van der Waals surface area (Å²) in [7, 11) is 0. The lowest BCUT2D eigenvalue weighted by Gasteiger charge is -1.80. The minimum absolute atomic E-state index is 0.583. The summed E-state index contributed by atoms with van der Waals surface area (Å²) in [5.41, 5.74) is 5.28. The van der Waals surface area contributed by atoms with Gasteiger partial charge in [0.05, 0.1) is 0 Å². The smallest absolute Gasteiger partial charge is 0.252 e. The van der Waals surface area contributed by atoms with E-state index >= 15 is 0 Å². The predicted molar refractivity (Wildman–Crippen MR) is 36.4 cm³/mol. The average molecular weight is 133 g/mol. The Morgan fingerprint density at radius 1 is 1.88 bits per heavy atom. The number of amidine groups is 1. The van der Waals surface area contributed by atoms with E-state index in [2.05, 4.69) is 10.1 Å². The molecule has 0 amide bonds. The van der Waals surface area contributed by atoms with E-state index in [0.717, 1.165) is 0 Å². The van der Waals surface area contributed by atoms with Gasteiger partial charge in [-0.3, -0.25) is 5.84 Å². The van der Waals surface area contributed by atoms with E-state index in [9.17, 15) is 0 Å². The van der Waals surface area contributed by atoms with E-state index in [1.165, 1.54) is 18.1 Å². The van der Waals surface area contributed by atoms with Crippen molar-refractivity contribution in [2.75, 3.05) is 6.26 Å². The number of nitrogens with one attached hydrogen (secondary N) is 1. The highest BCUT2D eigenvalue weighted by molar-refractivity contribution is 8.12. The van der Waals surface area contributed by atoms with Gasteiger partial charge in [0, 0.05) is 0 Å². The van der Waals surface area contributed by atoms with E-state index in [0.29, 0.717) is 5.17 Å². The Morgan fingerprint density at radius 2 is 2.50 bits per heavy atom. The van der Waals surface area contributed by atoms with Crippen LogP contribution in [0.3, 0.4) is 0 Å². The lowest BCUT2D eigenvalue weighted by molar-refractivity contribution is -0.301. The van der Waals surface area contributed by atoms with Crippen LogP contribution in [0, 0.1) is 0 Å². The van der Waals surface area contributed by atoms with Crippen molar-refractivity contribution < 1.29 is 4.99 Å². The molecule has 0 bridgehead atoms. The summed E-state index contributed by atoms with van der Waals surface area (Å²) < 4.78 is 0. The van der Waals surface area contributed by atoms with E-state index in [1.54, 1.807) is 0 Å². The van der Waals surface area contributed by atoms with Gasteiger partial charge in [0.15, 0.2) is 0 Å². The molecule has 0 spiro atoms. The van der Waals surface area contributed by atoms with Gasteiger partial charge in [0.1, 0.15) is 0 Å². The van der Waals surface area contributed by atoms with Crippen LogP contribution < -0.4 is 16.6 Å². The number of hydrogen-bond acceptors (Lipinski definition) is 3. The minimum atomic E-state index is 0.583. The molecule has 0 heterocycles. The normalized spacial score (nSPS) is 12.9. The highest BCUT2D eigenvalue weighted by Gasteiger charge is 1.85. The topological polar surface area (TPSA) is 78.4 Å². The van der Waals surface area contributed by atoms with E-state index in [-0.39, 0.29) is 0 Å². The molecule has 0 radical (unpaired) electrons. The average Bonchev–Trinajstić information content (AvgIpc) is 1.83. The molecule has 5 N–H and O–H groups in total. The van der Waals surface area contributed by atoms with Crippen LogP contribution in [0.15, 0.2) is 5.10 Å². The van der Waals surface area contributed by atoms with Gasteiger partial charge in [-0.1, -0.05) is 11.8 Å². The zero-order valence-corrected chi connectivity index (χ0v) is 5.40. The molecule has 0 aliphatic heterocycles. The number of hydrogen-bond donors (Lipinski definition) is 3. The molecule has 0 aromatic rings. The Balaban J connectivity index is 3.57. The Morgan fingerprint density at radius 3 is 2.88 bits per heavy atom. The van der Waals surface area contributed by atoms with Crippen molar-refractivity contribution in [3.05, 3.63) is 0 Å². The number of hydrazone groups is 1. The number of nitrogens with two attached hydrogens (primary N) is 2. The van der Waals surface area contributed by atoms with Crippen LogP contribution in [-0.4, -0.2) is 17.8 Å². The Labute approximate surface area is 52.0 Å². The molecule has 46 valence electrons. The second kappa shape index (κ2) is 4.45. The van der Waals surface area contributed by atoms with Crippen LogP contribution in [0.4, 0.5) is 0 Å². The monoisotopic (exact) mass is 133 g/mol. The molecule has 0 aromatic carbocycles. The van der Waals surface area contributed by atoms with Crippen molar-refractivity contribution in [3.63, 3.8) is 0 Å². The minimum Gasteiger partial charge on any atom is -0.313 e. The first-order valence-electron chi connectivity index (χ1n) is 1.96. The standard InChI is InChI=1S/C3H8N4S/c1-8-3(4)6-2-7-5/h2H,5H2,1H3,(H2,4,6,7)/p+1. The number of thioether (sulfide) groups is 1. The Kier molecular flexibility index (Phi) is 4.05. The first kappa shape index (κ1) is 7.29. The largest absolute Gasteiger partial charge is 0.313 e. The summed E-state index contributed by atoms with van der Waals surface area (Å²) in [4.78, 5) is 2.62. The van der Waals surface area contributed by atoms with Crippen molar-refractivity contribution in [3.8, 4) is 0 Å². The molecule has 4 nitrogen and oxygen atoms in total. The van der Waals surface area contributed by atoms with Crippen molar-refractivity contribution in [1.29, 1.82) is 0 Å². The Bertz CT molecular complexity index is 108. The molecular weight excluding hydrogens is 124 g/mol. The first-order valence-corrected chi connectivity index (χ1v) is 3.18. The third kappa shape index (κ3) is 3.48. The highest BCUT2D eigenvalue weighted by Crippen LogP contribution is 1.79. The summed E-state index contributed by atoms with van der Waals surface area (Å²) in [6.45, 7) is 0. The summed E-state index contributed by atoms with van der Waals surface area (Å²) >= 11 is 1.40. The van der Waals surface area contributed by atoms with Gasteiger partial charge in [-0.15, -0.1) is 0 Å². The maximum atomic E-state index is 5.28. The van der Waals surface area contributed by atoms with Gasteiger partial charge in [-0.25, -0.2) is 4.99 Å². The van der Waals surface area contributed by atoms with E-state index in [1.807, 2.05) is 6.26 Å².